The second-order valence-corrected chi connectivity index (χ2v) is 12.6. The Morgan fingerprint density at radius 1 is 0.457 bits per heavy atom. The average molecular weight is 605 g/mol. The highest BCUT2D eigenvalue weighted by Gasteiger charge is 2.19. The van der Waals surface area contributed by atoms with Gasteiger partial charge >= 0.3 is 0 Å². The molecule has 3 heteroatoms. The van der Waals surface area contributed by atoms with Crippen LogP contribution in [0.4, 0.5) is 17.1 Å². The largest absolute Gasteiger partial charge is 0.309 e. The smallest absolute Gasteiger partial charge is 0.0889 e. The number of benzene rings is 7. The SMILES string of the molecule is c1ccc(-c2ccc(N(c3ccc(-c4cc5ccccc5c5ccccc45)cc3)c3cccc4c3sc3cccnc34)cc2)cc1. The number of hydrogen-bond acceptors (Lipinski definition) is 3. The summed E-state index contributed by atoms with van der Waals surface area (Å²) in [5, 5.41) is 6.28. The van der Waals surface area contributed by atoms with Crippen molar-refractivity contribution in [2.45, 2.75) is 0 Å². The average Bonchev–Trinajstić information content (AvgIpc) is 3.52. The molecule has 2 aromatic heterocycles. The van der Waals surface area contributed by atoms with Crippen molar-refractivity contribution < 1.29 is 0 Å². The van der Waals surface area contributed by atoms with E-state index in [2.05, 4.69) is 163 Å². The molecule has 0 N–H and O–H groups in total. The van der Waals surface area contributed by atoms with Gasteiger partial charge in [-0.15, -0.1) is 11.3 Å². The summed E-state index contributed by atoms with van der Waals surface area (Å²) >= 11 is 1.80. The molecular weight excluding hydrogens is 577 g/mol. The van der Waals surface area contributed by atoms with Crippen molar-refractivity contribution in [3.63, 3.8) is 0 Å². The topological polar surface area (TPSA) is 16.1 Å². The zero-order valence-corrected chi connectivity index (χ0v) is 25.8. The van der Waals surface area contributed by atoms with Crippen LogP contribution in [0.15, 0.2) is 170 Å². The molecule has 7 aromatic carbocycles. The van der Waals surface area contributed by atoms with Crippen molar-refractivity contribution in [2.24, 2.45) is 0 Å². The molecule has 0 atom stereocenters. The Hall–Kier alpha value is -5.77. The minimum Gasteiger partial charge on any atom is -0.309 e. The summed E-state index contributed by atoms with van der Waals surface area (Å²) in [7, 11) is 0. The van der Waals surface area contributed by atoms with E-state index in [1.54, 1.807) is 11.3 Å². The summed E-state index contributed by atoms with van der Waals surface area (Å²) in [6.45, 7) is 0. The standard InChI is InChI=1S/C43H28N2S/c1-2-10-29(11-3-1)30-19-23-33(24-20-30)45(40-17-8-16-38-42-41(46-43(38)40)18-9-27-44-42)34-25-21-31(22-26-34)39-28-32-12-4-5-13-35(32)36-14-6-7-15-37(36)39/h1-28H. The first-order valence-electron chi connectivity index (χ1n) is 15.5. The molecule has 0 saturated heterocycles. The lowest BCUT2D eigenvalue weighted by Gasteiger charge is -2.26. The minimum absolute atomic E-state index is 1.06. The molecule has 0 fully saturated rings. The third-order valence-corrected chi connectivity index (χ3v) is 10.1. The lowest BCUT2D eigenvalue weighted by atomic mass is 9.93. The summed E-state index contributed by atoms with van der Waals surface area (Å²) in [4.78, 5) is 7.13. The molecule has 2 heterocycles. The van der Waals surface area contributed by atoms with Crippen LogP contribution in [0, 0.1) is 0 Å². The maximum absolute atomic E-state index is 4.74. The number of pyridine rings is 1. The van der Waals surface area contributed by atoms with E-state index in [-0.39, 0.29) is 0 Å². The first-order chi connectivity index (χ1) is 22.8. The van der Waals surface area contributed by atoms with Crippen molar-refractivity contribution >= 4 is 70.2 Å². The van der Waals surface area contributed by atoms with Crippen molar-refractivity contribution in [3.8, 4) is 22.3 Å². The molecule has 0 aliphatic heterocycles. The second-order valence-electron chi connectivity index (χ2n) is 11.6. The van der Waals surface area contributed by atoms with E-state index in [4.69, 9.17) is 4.98 Å². The van der Waals surface area contributed by atoms with Crippen LogP contribution < -0.4 is 4.90 Å². The van der Waals surface area contributed by atoms with E-state index in [1.165, 1.54) is 58.6 Å². The van der Waals surface area contributed by atoms with Gasteiger partial charge in [-0.25, -0.2) is 0 Å². The number of rotatable bonds is 5. The van der Waals surface area contributed by atoms with E-state index < -0.39 is 0 Å². The zero-order valence-electron chi connectivity index (χ0n) is 25.0. The van der Waals surface area contributed by atoms with Gasteiger partial charge in [-0.1, -0.05) is 115 Å². The van der Waals surface area contributed by atoms with Gasteiger partial charge in [-0.2, -0.15) is 0 Å². The number of thiophene rings is 1. The highest BCUT2D eigenvalue weighted by atomic mass is 32.1. The van der Waals surface area contributed by atoms with Crippen LogP contribution in [-0.4, -0.2) is 4.98 Å². The molecule has 0 aliphatic rings. The Balaban J connectivity index is 1.21. The van der Waals surface area contributed by atoms with E-state index in [0.717, 1.165) is 22.6 Å². The molecular formula is C43H28N2S. The van der Waals surface area contributed by atoms with Gasteiger partial charge in [0.15, 0.2) is 0 Å². The van der Waals surface area contributed by atoms with Crippen molar-refractivity contribution in [2.75, 3.05) is 4.90 Å². The molecule has 0 unspecified atom stereocenters. The Morgan fingerprint density at radius 3 is 1.87 bits per heavy atom. The third kappa shape index (κ3) is 4.44. The molecule has 216 valence electrons. The van der Waals surface area contributed by atoms with Gasteiger partial charge in [0.05, 0.1) is 20.6 Å². The summed E-state index contributed by atoms with van der Waals surface area (Å²) in [6, 6.07) is 59.0. The maximum atomic E-state index is 4.74. The van der Waals surface area contributed by atoms with Gasteiger partial charge in [0.2, 0.25) is 0 Å². The first kappa shape index (κ1) is 26.6. The minimum atomic E-state index is 1.06. The van der Waals surface area contributed by atoms with Crippen molar-refractivity contribution in [3.05, 3.63) is 170 Å². The van der Waals surface area contributed by atoms with Crippen LogP contribution in [0.5, 0.6) is 0 Å². The van der Waals surface area contributed by atoms with E-state index >= 15 is 0 Å². The van der Waals surface area contributed by atoms with Gasteiger partial charge in [0.25, 0.3) is 0 Å². The highest BCUT2D eigenvalue weighted by Crippen LogP contribution is 2.45. The van der Waals surface area contributed by atoms with Gasteiger partial charge in [0.1, 0.15) is 0 Å². The molecule has 0 bridgehead atoms. The van der Waals surface area contributed by atoms with Crippen LogP contribution in [0.3, 0.4) is 0 Å². The fourth-order valence-electron chi connectivity index (χ4n) is 6.72. The Kier molecular flexibility index (Phi) is 6.36. The van der Waals surface area contributed by atoms with Crippen LogP contribution in [0.1, 0.15) is 0 Å². The van der Waals surface area contributed by atoms with Crippen molar-refractivity contribution in [1.29, 1.82) is 0 Å². The predicted octanol–water partition coefficient (Wildman–Crippen LogP) is 12.6. The predicted molar refractivity (Wildman–Crippen MR) is 198 cm³/mol. The van der Waals surface area contributed by atoms with Crippen LogP contribution >= 0.6 is 11.3 Å². The molecule has 0 spiro atoms. The molecule has 0 saturated carbocycles. The molecule has 2 nitrogen and oxygen atoms in total. The fraction of sp³-hybridized carbons (Fsp3) is 0. The fourth-order valence-corrected chi connectivity index (χ4v) is 7.89. The first-order valence-corrected chi connectivity index (χ1v) is 16.4. The lowest BCUT2D eigenvalue weighted by molar-refractivity contribution is 1.30. The summed E-state index contributed by atoms with van der Waals surface area (Å²) < 4.78 is 2.43. The van der Waals surface area contributed by atoms with Gasteiger partial charge < -0.3 is 4.90 Å². The number of anilines is 3. The molecule has 46 heavy (non-hydrogen) atoms. The zero-order chi connectivity index (χ0) is 30.5. The quantitative estimate of drug-likeness (QED) is 0.182. The summed E-state index contributed by atoms with van der Waals surface area (Å²) in [5.74, 6) is 0. The number of aromatic nitrogens is 1. The van der Waals surface area contributed by atoms with E-state index in [9.17, 15) is 0 Å². The molecule has 0 aliphatic carbocycles. The molecule has 9 aromatic rings. The Morgan fingerprint density at radius 2 is 1.09 bits per heavy atom. The summed E-state index contributed by atoms with van der Waals surface area (Å²) in [5.41, 5.74) is 9.30. The Labute approximate surface area is 271 Å². The monoisotopic (exact) mass is 604 g/mol. The molecule has 0 amide bonds. The van der Waals surface area contributed by atoms with E-state index in [1.807, 2.05) is 12.3 Å². The summed E-state index contributed by atoms with van der Waals surface area (Å²) in [6.07, 6.45) is 1.89. The van der Waals surface area contributed by atoms with Gasteiger partial charge in [0, 0.05) is 23.0 Å². The van der Waals surface area contributed by atoms with Crippen LogP contribution in [0.25, 0.3) is 64.1 Å². The maximum Gasteiger partial charge on any atom is 0.0889 e. The van der Waals surface area contributed by atoms with Gasteiger partial charge in [-0.3, -0.25) is 4.98 Å². The number of nitrogens with zero attached hydrogens (tertiary/aromatic N) is 2. The highest BCUT2D eigenvalue weighted by molar-refractivity contribution is 7.26. The van der Waals surface area contributed by atoms with Crippen LogP contribution in [-0.2, 0) is 0 Å². The normalized spacial score (nSPS) is 11.5. The van der Waals surface area contributed by atoms with Crippen molar-refractivity contribution in [1.82, 2.24) is 4.98 Å². The Bertz CT molecular complexity index is 2510. The second kappa shape index (κ2) is 11.0. The van der Waals surface area contributed by atoms with Crippen LogP contribution in [0.2, 0.25) is 0 Å². The number of fused-ring (bicyclic) bond motifs is 6. The third-order valence-electron chi connectivity index (χ3n) is 8.91. The number of hydrogen-bond donors (Lipinski definition) is 0. The van der Waals surface area contributed by atoms with E-state index in [0.29, 0.717) is 0 Å². The lowest BCUT2D eigenvalue weighted by Crippen LogP contribution is -2.10. The molecule has 9 rings (SSSR count). The molecule has 0 radical (unpaired) electrons. The van der Waals surface area contributed by atoms with Gasteiger partial charge in [-0.05, 0) is 92.3 Å².